The normalized spacial score (nSPS) is 10.1. The summed E-state index contributed by atoms with van der Waals surface area (Å²) in [5, 5.41) is 8.63. The average Bonchev–Trinajstić information content (AvgIpc) is 2.75. The van der Waals surface area contributed by atoms with Gasteiger partial charge in [-0.05, 0) is 55.5 Å². The van der Waals surface area contributed by atoms with Crippen LogP contribution in [-0.4, -0.2) is 25.0 Å². The van der Waals surface area contributed by atoms with Crippen LogP contribution in [0.3, 0.4) is 0 Å². The third-order valence-corrected chi connectivity index (χ3v) is 4.08. The Morgan fingerprint density at radius 3 is 2.24 bits per heavy atom. The van der Waals surface area contributed by atoms with Crippen molar-refractivity contribution in [2.75, 3.05) is 23.8 Å². The predicted octanol–water partition coefficient (Wildman–Crippen LogP) is 4.20. The number of rotatable bonds is 8. The zero-order valence-electron chi connectivity index (χ0n) is 16.1. The highest BCUT2D eigenvalue weighted by molar-refractivity contribution is 6.03. The number of para-hydroxylation sites is 2. The van der Waals surface area contributed by atoms with Gasteiger partial charge in [0.15, 0.2) is 0 Å². The summed E-state index contributed by atoms with van der Waals surface area (Å²) in [5.41, 5.74) is 2.65. The van der Waals surface area contributed by atoms with Gasteiger partial charge in [-0.1, -0.05) is 30.3 Å². The zero-order chi connectivity index (χ0) is 20.5. The SMILES string of the molecule is CCOc1ccc(NC(=O)CNC(=O)c2ccccc2Nc2ccccc2)cc1. The van der Waals surface area contributed by atoms with Crippen molar-refractivity contribution in [3.05, 3.63) is 84.4 Å². The van der Waals surface area contributed by atoms with Crippen molar-refractivity contribution >= 4 is 28.9 Å². The van der Waals surface area contributed by atoms with E-state index in [1.807, 2.05) is 49.4 Å². The second-order valence-corrected chi connectivity index (χ2v) is 6.22. The van der Waals surface area contributed by atoms with Gasteiger partial charge in [0.25, 0.3) is 5.91 Å². The van der Waals surface area contributed by atoms with Gasteiger partial charge in [0.1, 0.15) is 5.75 Å². The molecule has 0 aliphatic rings. The molecule has 0 atom stereocenters. The maximum atomic E-state index is 12.6. The van der Waals surface area contributed by atoms with E-state index in [0.717, 1.165) is 11.4 Å². The molecular weight excluding hydrogens is 366 g/mol. The first kappa shape index (κ1) is 19.9. The number of carbonyl (C=O) groups is 2. The van der Waals surface area contributed by atoms with Crippen molar-refractivity contribution < 1.29 is 14.3 Å². The second-order valence-electron chi connectivity index (χ2n) is 6.22. The summed E-state index contributed by atoms with van der Waals surface area (Å²) < 4.78 is 5.37. The molecule has 3 N–H and O–H groups in total. The third-order valence-electron chi connectivity index (χ3n) is 4.08. The smallest absolute Gasteiger partial charge is 0.253 e. The fourth-order valence-electron chi connectivity index (χ4n) is 2.73. The maximum Gasteiger partial charge on any atom is 0.253 e. The Balaban J connectivity index is 1.57. The Morgan fingerprint density at radius 1 is 0.828 bits per heavy atom. The highest BCUT2D eigenvalue weighted by atomic mass is 16.5. The van der Waals surface area contributed by atoms with E-state index in [-0.39, 0.29) is 18.4 Å². The van der Waals surface area contributed by atoms with Gasteiger partial charge in [-0.15, -0.1) is 0 Å². The number of hydrogen-bond donors (Lipinski definition) is 3. The van der Waals surface area contributed by atoms with Crippen LogP contribution in [0.15, 0.2) is 78.9 Å². The largest absolute Gasteiger partial charge is 0.494 e. The predicted molar refractivity (Wildman–Crippen MR) is 115 cm³/mol. The van der Waals surface area contributed by atoms with Gasteiger partial charge in [-0.25, -0.2) is 0 Å². The molecule has 0 unspecified atom stereocenters. The van der Waals surface area contributed by atoms with Crippen molar-refractivity contribution in [1.29, 1.82) is 0 Å². The number of anilines is 3. The van der Waals surface area contributed by atoms with E-state index in [2.05, 4.69) is 16.0 Å². The molecule has 0 saturated carbocycles. The lowest BCUT2D eigenvalue weighted by molar-refractivity contribution is -0.115. The zero-order valence-corrected chi connectivity index (χ0v) is 16.1. The fourth-order valence-corrected chi connectivity index (χ4v) is 2.73. The van der Waals surface area contributed by atoms with E-state index in [1.54, 1.807) is 36.4 Å². The van der Waals surface area contributed by atoms with Crippen LogP contribution in [0.5, 0.6) is 5.75 Å². The molecule has 0 aliphatic carbocycles. The molecule has 0 saturated heterocycles. The first-order valence-electron chi connectivity index (χ1n) is 9.37. The molecule has 0 fully saturated rings. The molecule has 0 aromatic heterocycles. The van der Waals surface area contributed by atoms with Gasteiger partial charge in [-0.3, -0.25) is 9.59 Å². The van der Waals surface area contributed by atoms with Crippen LogP contribution in [-0.2, 0) is 4.79 Å². The Labute approximate surface area is 169 Å². The highest BCUT2D eigenvalue weighted by Gasteiger charge is 2.12. The summed E-state index contributed by atoms with van der Waals surface area (Å²) in [6, 6.07) is 23.8. The van der Waals surface area contributed by atoms with Crippen molar-refractivity contribution in [1.82, 2.24) is 5.32 Å². The molecule has 0 spiro atoms. The molecule has 0 aliphatic heterocycles. The summed E-state index contributed by atoms with van der Waals surface area (Å²) in [5.74, 6) is 0.100. The quantitative estimate of drug-likeness (QED) is 0.540. The summed E-state index contributed by atoms with van der Waals surface area (Å²) in [4.78, 5) is 24.7. The minimum absolute atomic E-state index is 0.133. The number of amides is 2. The monoisotopic (exact) mass is 389 g/mol. The third kappa shape index (κ3) is 5.84. The molecule has 6 nitrogen and oxygen atoms in total. The van der Waals surface area contributed by atoms with E-state index in [9.17, 15) is 9.59 Å². The Bertz CT molecular complexity index is 957. The molecule has 0 bridgehead atoms. The first-order valence-corrected chi connectivity index (χ1v) is 9.37. The molecular formula is C23H23N3O3. The van der Waals surface area contributed by atoms with E-state index in [0.29, 0.717) is 23.5 Å². The summed E-state index contributed by atoms with van der Waals surface area (Å²) >= 11 is 0. The molecule has 2 amide bonds. The Kier molecular flexibility index (Phi) is 6.84. The van der Waals surface area contributed by atoms with Crippen LogP contribution in [0.25, 0.3) is 0 Å². The molecule has 148 valence electrons. The lowest BCUT2D eigenvalue weighted by Crippen LogP contribution is -2.33. The van der Waals surface area contributed by atoms with Crippen LogP contribution < -0.4 is 20.7 Å². The average molecular weight is 389 g/mol. The molecule has 3 rings (SSSR count). The van der Waals surface area contributed by atoms with E-state index in [1.165, 1.54) is 0 Å². The molecule has 3 aromatic carbocycles. The molecule has 29 heavy (non-hydrogen) atoms. The fraction of sp³-hybridized carbons (Fsp3) is 0.130. The number of ether oxygens (including phenoxy) is 1. The second kappa shape index (κ2) is 9.94. The van der Waals surface area contributed by atoms with E-state index < -0.39 is 0 Å². The lowest BCUT2D eigenvalue weighted by atomic mass is 10.1. The minimum Gasteiger partial charge on any atom is -0.494 e. The van der Waals surface area contributed by atoms with Crippen LogP contribution in [0.1, 0.15) is 17.3 Å². The van der Waals surface area contributed by atoms with Crippen molar-refractivity contribution in [2.45, 2.75) is 6.92 Å². The van der Waals surface area contributed by atoms with Crippen molar-refractivity contribution in [2.24, 2.45) is 0 Å². The summed E-state index contributed by atoms with van der Waals surface area (Å²) in [6.45, 7) is 2.36. The topological polar surface area (TPSA) is 79.5 Å². The number of benzene rings is 3. The van der Waals surface area contributed by atoms with E-state index >= 15 is 0 Å². The molecule has 0 radical (unpaired) electrons. The Hall–Kier alpha value is -3.80. The van der Waals surface area contributed by atoms with Gasteiger partial charge in [-0.2, -0.15) is 0 Å². The van der Waals surface area contributed by atoms with Gasteiger partial charge in [0.2, 0.25) is 5.91 Å². The van der Waals surface area contributed by atoms with Crippen LogP contribution >= 0.6 is 0 Å². The van der Waals surface area contributed by atoms with Crippen molar-refractivity contribution in [3.63, 3.8) is 0 Å². The van der Waals surface area contributed by atoms with Crippen LogP contribution in [0, 0.1) is 0 Å². The summed E-state index contributed by atoms with van der Waals surface area (Å²) in [6.07, 6.45) is 0. The number of carbonyl (C=O) groups excluding carboxylic acids is 2. The van der Waals surface area contributed by atoms with Crippen LogP contribution in [0.2, 0.25) is 0 Å². The standard InChI is InChI=1S/C23H23N3O3/c1-2-29-19-14-12-18(13-15-19)26-22(27)16-24-23(28)20-10-6-7-11-21(20)25-17-8-4-3-5-9-17/h3-15,25H,2,16H2,1H3,(H,24,28)(H,26,27). The summed E-state index contributed by atoms with van der Waals surface area (Å²) in [7, 11) is 0. The van der Waals surface area contributed by atoms with Crippen LogP contribution in [0.4, 0.5) is 17.1 Å². The minimum atomic E-state index is -0.328. The molecule has 3 aromatic rings. The van der Waals surface area contributed by atoms with Gasteiger partial charge >= 0.3 is 0 Å². The van der Waals surface area contributed by atoms with Gasteiger partial charge < -0.3 is 20.7 Å². The van der Waals surface area contributed by atoms with Gasteiger partial charge in [0.05, 0.1) is 24.4 Å². The van der Waals surface area contributed by atoms with Gasteiger partial charge in [0, 0.05) is 11.4 Å². The number of hydrogen-bond acceptors (Lipinski definition) is 4. The maximum absolute atomic E-state index is 12.6. The molecule has 0 heterocycles. The number of nitrogens with one attached hydrogen (secondary N) is 3. The van der Waals surface area contributed by atoms with Crippen molar-refractivity contribution in [3.8, 4) is 5.75 Å². The molecule has 6 heteroatoms. The lowest BCUT2D eigenvalue weighted by Gasteiger charge is -2.12. The van der Waals surface area contributed by atoms with E-state index in [4.69, 9.17) is 4.74 Å². The highest BCUT2D eigenvalue weighted by Crippen LogP contribution is 2.20. The Morgan fingerprint density at radius 2 is 1.52 bits per heavy atom. The first-order chi connectivity index (χ1) is 14.2.